The molecule has 1 aromatic carbocycles. The maximum absolute atomic E-state index is 12.8. The van der Waals surface area contributed by atoms with Crippen LogP contribution in [0.3, 0.4) is 0 Å². The van der Waals surface area contributed by atoms with E-state index in [2.05, 4.69) is 6.08 Å². The Morgan fingerprint density at radius 2 is 1.90 bits per heavy atom. The second kappa shape index (κ2) is 5.68. The minimum atomic E-state index is -3.49. The lowest BCUT2D eigenvalue weighted by Gasteiger charge is -2.26. The number of benzene rings is 1. The van der Waals surface area contributed by atoms with Crippen LogP contribution in [0.15, 0.2) is 28.7 Å². The zero-order valence-electron chi connectivity index (χ0n) is 12.2. The summed E-state index contributed by atoms with van der Waals surface area (Å²) in [5.74, 6) is 0. The smallest absolute Gasteiger partial charge is 0.243 e. The van der Waals surface area contributed by atoms with E-state index >= 15 is 0 Å². The summed E-state index contributed by atoms with van der Waals surface area (Å²) in [4.78, 5) is 0.307. The van der Waals surface area contributed by atoms with Crippen molar-refractivity contribution in [3.63, 3.8) is 0 Å². The molecule has 0 bridgehead atoms. The van der Waals surface area contributed by atoms with Gasteiger partial charge in [0.05, 0.1) is 11.5 Å². The van der Waals surface area contributed by atoms with Gasteiger partial charge in [0.15, 0.2) is 0 Å². The van der Waals surface area contributed by atoms with Gasteiger partial charge in [0, 0.05) is 13.1 Å². The van der Waals surface area contributed by atoms with E-state index in [1.54, 1.807) is 13.0 Å². The zero-order valence-corrected chi connectivity index (χ0v) is 13.0. The molecule has 0 radical (unpaired) electrons. The Morgan fingerprint density at radius 3 is 2.50 bits per heavy atom. The molecule has 4 nitrogen and oxygen atoms in total. The van der Waals surface area contributed by atoms with Crippen LogP contribution in [0.4, 0.5) is 0 Å². The van der Waals surface area contributed by atoms with Gasteiger partial charge in [-0.3, -0.25) is 0 Å². The first kappa shape index (κ1) is 15.2. The number of rotatable bonds is 3. The standard InChI is InChI=1S/C15H21NO3S/c1-11-5-4-6-16(9-11)20(18,19)15-8-14(10-17)12(2)7-13(15)3/h5,7-8,17H,4,6,9-10H2,1-3H3. The number of aryl methyl sites for hydroxylation is 2. The largest absolute Gasteiger partial charge is 0.392 e. The molecule has 1 aromatic rings. The van der Waals surface area contributed by atoms with Gasteiger partial charge in [0.25, 0.3) is 0 Å². The Labute approximate surface area is 120 Å². The van der Waals surface area contributed by atoms with Crippen molar-refractivity contribution in [2.24, 2.45) is 0 Å². The monoisotopic (exact) mass is 295 g/mol. The fourth-order valence-electron chi connectivity index (χ4n) is 2.54. The summed E-state index contributed by atoms with van der Waals surface area (Å²) >= 11 is 0. The van der Waals surface area contributed by atoms with Crippen molar-refractivity contribution in [2.45, 2.75) is 38.7 Å². The normalized spacial score (nSPS) is 17.1. The van der Waals surface area contributed by atoms with Crippen LogP contribution in [-0.2, 0) is 16.6 Å². The number of sulfonamides is 1. The van der Waals surface area contributed by atoms with Gasteiger partial charge in [0.1, 0.15) is 0 Å². The van der Waals surface area contributed by atoms with E-state index in [-0.39, 0.29) is 6.61 Å². The Morgan fingerprint density at radius 1 is 1.20 bits per heavy atom. The molecule has 1 heterocycles. The summed E-state index contributed by atoms with van der Waals surface area (Å²) in [7, 11) is -3.49. The van der Waals surface area contributed by atoms with Gasteiger partial charge in [-0.15, -0.1) is 0 Å². The Kier molecular flexibility index (Phi) is 4.32. The van der Waals surface area contributed by atoms with Crippen molar-refractivity contribution in [1.29, 1.82) is 0 Å². The van der Waals surface area contributed by atoms with Crippen molar-refractivity contribution in [3.05, 3.63) is 40.5 Å². The Balaban J connectivity index is 2.47. The fraction of sp³-hybridized carbons (Fsp3) is 0.467. The molecule has 20 heavy (non-hydrogen) atoms. The molecule has 0 spiro atoms. The first-order chi connectivity index (χ1) is 9.36. The van der Waals surface area contributed by atoms with Gasteiger partial charge in [0.2, 0.25) is 10.0 Å². The zero-order chi connectivity index (χ0) is 14.9. The maximum atomic E-state index is 12.8. The highest BCUT2D eigenvalue weighted by molar-refractivity contribution is 7.89. The van der Waals surface area contributed by atoms with Gasteiger partial charge in [-0.25, -0.2) is 8.42 Å². The first-order valence-corrected chi connectivity index (χ1v) is 8.17. The highest BCUT2D eigenvalue weighted by Crippen LogP contribution is 2.26. The van der Waals surface area contributed by atoms with Crippen molar-refractivity contribution in [2.75, 3.05) is 13.1 Å². The van der Waals surface area contributed by atoms with Crippen LogP contribution in [0, 0.1) is 13.8 Å². The third-order valence-corrected chi connectivity index (χ3v) is 5.71. The average molecular weight is 295 g/mol. The lowest BCUT2D eigenvalue weighted by Crippen LogP contribution is -2.35. The molecule has 0 saturated carbocycles. The number of nitrogens with zero attached hydrogens (tertiary/aromatic N) is 1. The Bertz CT molecular complexity index is 647. The first-order valence-electron chi connectivity index (χ1n) is 6.73. The van der Waals surface area contributed by atoms with E-state index in [1.807, 2.05) is 19.9 Å². The van der Waals surface area contributed by atoms with E-state index in [9.17, 15) is 13.5 Å². The topological polar surface area (TPSA) is 57.6 Å². The summed E-state index contributed by atoms with van der Waals surface area (Å²) in [5.41, 5.74) is 3.39. The average Bonchev–Trinajstić information content (AvgIpc) is 2.38. The fourth-order valence-corrected chi connectivity index (χ4v) is 4.30. The third-order valence-electron chi connectivity index (χ3n) is 3.72. The van der Waals surface area contributed by atoms with Crippen molar-refractivity contribution >= 4 is 10.0 Å². The van der Waals surface area contributed by atoms with Gasteiger partial charge < -0.3 is 5.11 Å². The van der Waals surface area contributed by atoms with Gasteiger partial charge >= 0.3 is 0 Å². The summed E-state index contributed by atoms with van der Waals surface area (Å²) in [6.45, 7) is 6.44. The molecule has 0 saturated heterocycles. The summed E-state index contributed by atoms with van der Waals surface area (Å²) in [5, 5.41) is 9.33. The van der Waals surface area contributed by atoms with Gasteiger partial charge in [-0.1, -0.05) is 17.7 Å². The van der Waals surface area contributed by atoms with Crippen LogP contribution >= 0.6 is 0 Å². The molecular weight excluding hydrogens is 274 g/mol. The highest BCUT2D eigenvalue weighted by Gasteiger charge is 2.27. The molecule has 0 atom stereocenters. The molecule has 5 heteroatoms. The maximum Gasteiger partial charge on any atom is 0.243 e. The van der Waals surface area contributed by atoms with E-state index < -0.39 is 10.0 Å². The summed E-state index contributed by atoms with van der Waals surface area (Å²) in [6.07, 6.45) is 2.83. The van der Waals surface area contributed by atoms with Crippen LogP contribution < -0.4 is 0 Å². The molecular formula is C15H21NO3S. The van der Waals surface area contributed by atoms with Crippen LogP contribution in [0.25, 0.3) is 0 Å². The lowest BCUT2D eigenvalue weighted by atomic mass is 10.1. The van der Waals surface area contributed by atoms with Crippen LogP contribution in [0.5, 0.6) is 0 Å². The molecule has 1 aliphatic heterocycles. The molecule has 0 fully saturated rings. The minimum Gasteiger partial charge on any atom is -0.392 e. The summed E-state index contributed by atoms with van der Waals surface area (Å²) < 4.78 is 27.0. The molecule has 0 aromatic heterocycles. The molecule has 1 aliphatic rings. The Hall–Kier alpha value is -1.17. The van der Waals surface area contributed by atoms with E-state index in [0.29, 0.717) is 23.5 Å². The van der Waals surface area contributed by atoms with Crippen LogP contribution in [0.1, 0.15) is 30.0 Å². The van der Waals surface area contributed by atoms with E-state index in [4.69, 9.17) is 0 Å². The van der Waals surface area contributed by atoms with Crippen molar-refractivity contribution < 1.29 is 13.5 Å². The van der Waals surface area contributed by atoms with Crippen molar-refractivity contribution in [3.8, 4) is 0 Å². The minimum absolute atomic E-state index is 0.145. The summed E-state index contributed by atoms with van der Waals surface area (Å²) in [6, 6.07) is 3.43. The highest BCUT2D eigenvalue weighted by atomic mass is 32.2. The number of aliphatic hydroxyl groups is 1. The predicted octanol–water partition coefficient (Wildman–Crippen LogP) is 2.14. The molecule has 1 N–H and O–H groups in total. The second-order valence-electron chi connectivity index (χ2n) is 5.38. The molecule has 0 amide bonds. The number of aliphatic hydroxyl groups excluding tert-OH is 1. The quantitative estimate of drug-likeness (QED) is 0.869. The third kappa shape index (κ3) is 2.80. The van der Waals surface area contributed by atoms with Gasteiger partial charge in [-0.2, -0.15) is 4.31 Å². The van der Waals surface area contributed by atoms with Crippen LogP contribution in [-0.4, -0.2) is 30.9 Å². The predicted molar refractivity (Wildman–Crippen MR) is 79.0 cm³/mol. The van der Waals surface area contributed by atoms with Gasteiger partial charge in [-0.05, 0) is 49.9 Å². The number of hydrogen-bond donors (Lipinski definition) is 1. The van der Waals surface area contributed by atoms with E-state index in [1.165, 1.54) is 4.31 Å². The van der Waals surface area contributed by atoms with Crippen LogP contribution in [0.2, 0.25) is 0 Å². The molecule has 0 aliphatic carbocycles. The molecule has 2 rings (SSSR count). The SMILES string of the molecule is CC1=CCCN(S(=O)(=O)c2cc(CO)c(C)cc2C)C1. The molecule has 0 unspecified atom stereocenters. The molecule has 110 valence electrons. The van der Waals surface area contributed by atoms with E-state index in [0.717, 1.165) is 23.1 Å². The lowest BCUT2D eigenvalue weighted by molar-refractivity contribution is 0.280. The number of hydrogen-bond acceptors (Lipinski definition) is 3. The second-order valence-corrected chi connectivity index (χ2v) is 7.29. The van der Waals surface area contributed by atoms with Crippen molar-refractivity contribution in [1.82, 2.24) is 4.31 Å².